The maximum Gasteiger partial charge on any atom is 0.305 e. The number of nitrogens with one attached hydrogen (secondary N) is 1. The number of anilines is 1. The maximum absolute atomic E-state index is 12.5. The van der Waals surface area contributed by atoms with Crippen molar-refractivity contribution in [2.75, 3.05) is 26.0 Å². The molecule has 0 bridgehead atoms. The number of rotatable bonds is 7. The summed E-state index contributed by atoms with van der Waals surface area (Å²) in [4.78, 5) is 25.2. The number of methoxy groups -OCH3 is 1. The van der Waals surface area contributed by atoms with Crippen molar-refractivity contribution in [2.24, 2.45) is 0 Å². The normalized spacial score (nSPS) is 10.3. The van der Waals surface area contributed by atoms with Gasteiger partial charge < -0.3 is 15.0 Å². The second kappa shape index (κ2) is 8.29. The molecule has 0 aliphatic heterocycles. The van der Waals surface area contributed by atoms with Crippen LogP contribution in [0.4, 0.5) is 5.69 Å². The first kappa shape index (κ1) is 17.0. The van der Waals surface area contributed by atoms with E-state index in [1.165, 1.54) is 7.11 Å². The number of esters is 1. The van der Waals surface area contributed by atoms with Gasteiger partial charge in [0.05, 0.1) is 12.7 Å². The number of carbonyl (C=O) groups excluding carboxylic acids is 2. The van der Waals surface area contributed by atoms with Crippen molar-refractivity contribution >= 4 is 17.6 Å². The third-order valence-electron chi connectivity index (χ3n) is 3.05. The highest BCUT2D eigenvalue weighted by molar-refractivity contribution is 5.99. The quantitative estimate of drug-likeness (QED) is 0.785. The Morgan fingerprint density at radius 2 is 1.95 bits per heavy atom. The van der Waals surface area contributed by atoms with Gasteiger partial charge in [-0.05, 0) is 32.4 Å². The minimum atomic E-state index is -0.252. The van der Waals surface area contributed by atoms with E-state index in [9.17, 15) is 9.59 Å². The first-order valence-electron chi connectivity index (χ1n) is 7.13. The predicted octanol–water partition coefficient (Wildman–Crippen LogP) is 2.53. The fraction of sp³-hybridized carbons (Fsp3) is 0.500. The second-order valence-corrected chi connectivity index (χ2v) is 5.25. The lowest BCUT2D eigenvalue weighted by molar-refractivity contribution is -0.140. The molecule has 0 spiro atoms. The first-order valence-corrected chi connectivity index (χ1v) is 7.13. The molecule has 0 saturated carbocycles. The molecule has 0 radical (unpaired) electrons. The molecule has 0 saturated heterocycles. The van der Waals surface area contributed by atoms with E-state index in [0.29, 0.717) is 24.9 Å². The van der Waals surface area contributed by atoms with Crippen molar-refractivity contribution in [3.63, 3.8) is 0 Å². The summed E-state index contributed by atoms with van der Waals surface area (Å²) in [6.45, 7) is 4.58. The zero-order valence-corrected chi connectivity index (χ0v) is 13.2. The van der Waals surface area contributed by atoms with Gasteiger partial charge in [0.25, 0.3) is 5.91 Å². The number of nitrogens with zero attached hydrogens (tertiary/aromatic N) is 1. The van der Waals surface area contributed by atoms with Crippen LogP contribution in [0.25, 0.3) is 0 Å². The number of carbonyl (C=O) groups is 2. The third-order valence-corrected chi connectivity index (χ3v) is 3.05. The molecular weight excluding hydrogens is 268 g/mol. The van der Waals surface area contributed by atoms with E-state index in [-0.39, 0.29) is 17.9 Å². The molecule has 1 aromatic rings. The van der Waals surface area contributed by atoms with E-state index < -0.39 is 0 Å². The van der Waals surface area contributed by atoms with E-state index in [1.807, 2.05) is 38.1 Å². The standard InChI is InChI=1S/C16H24N2O3/c1-12(2)17-14-9-6-5-8-13(14)16(20)18(3)11-7-10-15(19)21-4/h5-6,8-9,12,17H,7,10-11H2,1-4H3. The minimum absolute atomic E-state index is 0.0522. The average molecular weight is 292 g/mol. The number of para-hydroxylation sites is 1. The van der Waals surface area contributed by atoms with Gasteiger partial charge in [0.2, 0.25) is 0 Å². The van der Waals surface area contributed by atoms with Crippen LogP contribution in [0.3, 0.4) is 0 Å². The highest BCUT2D eigenvalue weighted by atomic mass is 16.5. The molecule has 0 fully saturated rings. The topological polar surface area (TPSA) is 58.6 Å². The molecule has 5 heteroatoms. The Bertz CT molecular complexity index is 486. The Balaban J connectivity index is 2.67. The van der Waals surface area contributed by atoms with Crippen molar-refractivity contribution in [3.8, 4) is 0 Å². The van der Waals surface area contributed by atoms with E-state index in [4.69, 9.17) is 0 Å². The van der Waals surface area contributed by atoms with Gasteiger partial charge in [-0.25, -0.2) is 0 Å². The highest BCUT2D eigenvalue weighted by Gasteiger charge is 2.16. The third kappa shape index (κ3) is 5.45. The second-order valence-electron chi connectivity index (χ2n) is 5.25. The number of hydrogen-bond acceptors (Lipinski definition) is 4. The summed E-state index contributed by atoms with van der Waals surface area (Å²) in [6, 6.07) is 7.71. The number of benzene rings is 1. The summed E-state index contributed by atoms with van der Waals surface area (Å²) < 4.78 is 4.59. The molecule has 0 aromatic heterocycles. The fourth-order valence-corrected chi connectivity index (χ4v) is 1.98. The maximum atomic E-state index is 12.5. The van der Waals surface area contributed by atoms with Crippen LogP contribution in [-0.4, -0.2) is 43.5 Å². The van der Waals surface area contributed by atoms with E-state index in [1.54, 1.807) is 11.9 Å². The van der Waals surface area contributed by atoms with Crippen LogP contribution in [0.1, 0.15) is 37.0 Å². The van der Waals surface area contributed by atoms with Gasteiger partial charge in [-0.15, -0.1) is 0 Å². The lowest BCUT2D eigenvalue weighted by Gasteiger charge is -2.20. The molecule has 0 aliphatic rings. The van der Waals surface area contributed by atoms with Crippen LogP contribution in [0.2, 0.25) is 0 Å². The van der Waals surface area contributed by atoms with Gasteiger partial charge in [-0.1, -0.05) is 12.1 Å². The summed E-state index contributed by atoms with van der Waals surface area (Å²) in [6.07, 6.45) is 0.911. The van der Waals surface area contributed by atoms with Crippen molar-refractivity contribution < 1.29 is 14.3 Å². The van der Waals surface area contributed by atoms with Crippen LogP contribution in [-0.2, 0) is 9.53 Å². The number of hydrogen-bond donors (Lipinski definition) is 1. The number of ether oxygens (including phenoxy) is 1. The van der Waals surface area contributed by atoms with Crippen molar-refractivity contribution in [2.45, 2.75) is 32.7 Å². The molecule has 0 atom stereocenters. The van der Waals surface area contributed by atoms with Gasteiger partial charge in [-0.3, -0.25) is 9.59 Å². The highest BCUT2D eigenvalue weighted by Crippen LogP contribution is 2.18. The SMILES string of the molecule is COC(=O)CCCN(C)C(=O)c1ccccc1NC(C)C. The molecular formula is C16H24N2O3. The fourth-order valence-electron chi connectivity index (χ4n) is 1.98. The lowest BCUT2D eigenvalue weighted by atomic mass is 10.1. The molecule has 5 nitrogen and oxygen atoms in total. The van der Waals surface area contributed by atoms with E-state index in [2.05, 4.69) is 10.1 Å². The molecule has 1 N–H and O–H groups in total. The molecule has 21 heavy (non-hydrogen) atoms. The lowest BCUT2D eigenvalue weighted by Crippen LogP contribution is -2.29. The van der Waals surface area contributed by atoms with Crippen LogP contribution >= 0.6 is 0 Å². The Kier molecular flexibility index (Phi) is 6.72. The summed E-state index contributed by atoms with van der Waals surface area (Å²) in [5.41, 5.74) is 1.48. The largest absolute Gasteiger partial charge is 0.469 e. The van der Waals surface area contributed by atoms with Crippen LogP contribution in [0.15, 0.2) is 24.3 Å². The number of amides is 1. The van der Waals surface area contributed by atoms with Gasteiger partial charge >= 0.3 is 5.97 Å². The van der Waals surface area contributed by atoms with Gasteiger partial charge in [0, 0.05) is 31.7 Å². The minimum Gasteiger partial charge on any atom is -0.469 e. The molecule has 0 aliphatic carbocycles. The average Bonchev–Trinajstić information content (AvgIpc) is 2.46. The molecule has 1 aromatic carbocycles. The summed E-state index contributed by atoms with van der Waals surface area (Å²) in [5, 5.41) is 3.27. The van der Waals surface area contributed by atoms with Gasteiger partial charge in [0.1, 0.15) is 0 Å². The molecule has 0 unspecified atom stereocenters. The van der Waals surface area contributed by atoms with Gasteiger partial charge in [0.15, 0.2) is 0 Å². The van der Waals surface area contributed by atoms with Crippen molar-refractivity contribution in [3.05, 3.63) is 29.8 Å². The van der Waals surface area contributed by atoms with Crippen LogP contribution in [0, 0.1) is 0 Å². The van der Waals surface area contributed by atoms with E-state index >= 15 is 0 Å². The summed E-state index contributed by atoms with van der Waals surface area (Å²) in [5.74, 6) is -0.304. The zero-order chi connectivity index (χ0) is 15.8. The zero-order valence-electron chi connectivity index (χ0n) is 13.2. The van der Waals surface area contributed by atoms with Crippen LogP contribution < -0.4 is 5.32 Å². The van der Waals surface area contributed by atoms with E-state index in [0.717, 1.165) is 5.69 Å². The first-order chi connectivity index (χ1) is 9.95. The summed E-state index contributed by atoms with van der Waals surface area (Å²) >= 11 is 0. The molecule has 1 rings (SSSR count). The molecule has 1 amide bonds. The Morgan fingerprint density at radius 3 is 2.57 bits per heavy atom. The Hall–Kier alpha value is -2.04. The van der Waals surface area contributed by atoms with Crippen molar-refractivity contribution in [1.82, 2.24) is 4.90 Å². The predicted molar refractivity (Wildman–Crippen MR) is 83.4 cm³/mol. The Morgan fingerprint density at radius 1 is 1.29 bits per heavy atom. The smallest absolute Gasteiger partial charge is 0.305 e. The Labute approximate surface area is 126 Å². The molecule has 0 heterocycles. The van der Waals surface area contributed by atoms with Crippen LogP contribution in [0.5, 0.6) is 0 Å². The summed E-state index contributed by atoms with van der Waals surface area (Å²) in [7, 11) is 3.11. The molecule has 116 valence electrons. The van der Waals surface area contributed by atoms with Crippen molar-refractivity contribution in [1.29, 1.82) is 0 Å². The monoisotopic (exact) mass is 292 g/mol. The van der Waals surface area contributed by atoms with Gasteiger partial charge in [-0.2, -0.15) is 0 Å².